The van der Waals surface area contributed by atoms with E-state index in [0.717, 1.165) is 5.56 Å². The molecule has 0 aliphatic carbocycles. The average Bonchev–Trinajstić information content (AvgIpc) is 3.08. The number of benzene rings is 3. The van der Waals surface area contributed by atoms with Crippen molar-refractivity contribution in [3.63, 3.8) is 0 Å². The van der Waals surface area contributed by atoms with Crippen LogP contribution in [0.4, 0.5) is 4.39 Å². The van der Waals surface area contributed by atoms with Crippen LogP contribution < -0.4 is 18.9 Å². The minimum atomic E-state index is -0.316. The minimum absolute atomic E-state index is 0.198. The van der Waals surface area contributed by atoms with Gasteiger partial charge < -0.3 is 18.9 Å². The van der Waals surface area contributed by atoms with Crippen LogP contribution in [0.15, 0.2) is 60.4 Å². The number of methoxy groups -OCH3 is 2. The maximum atomic E-state index is 13.4. The van der Waals surface area contributed by atoms with E-state index in [1.54, 1.807) is 62.8 Å². The fourth-order valence-corrected chi connectivity index (χ4v) is 3.43. The van der Waals surface area contributed by atoms with Gasteiger partial charge in [-0.05, 0) is 54.5 Å². The lowest BCUT2D eigenvalue weighted by Crippen LogP contribution is -2.00. The molecule has 0 unspecified atom stereocenters. The molecule has 0 aromatic heterocycles. The molecule has 158 valence electrons. The molecule has 0 atom stereocenters. The van der Waals surface area contributed by atoms with Crippen LogP contribution in [0.2, 0.25) is 0 Å². The molecule has 0 saturated heterocycles. The second kappa shape index (κ2) is 8.52. The molecular formula is C25H21FO5. The summed E-state index contributed by atoms with van der Waals surface area (Å²) < 4.78 is 35.6. The van der Waals surface area contributed by atoms with Crippen molar-refractivity contribution in [2.75, 3.05) is 14.2 Å². The lowest BCUT2D eigenvalue weighted by molar-refractivity contribution is 0.101. The lowest BCUT2D eigenvalue weighted by Gasteiger charge is -2.09. The molecule has 5 nitrogen and oxygen atoms in total. The van der Waals surface area contributed by atoms with Crippen molar-refractivity contribution in [2.45, 2.75) is 13.5 Å². The first-order valence-electron chi connectivity index (χ1n) is 9.66. The number of fused-ring (bicyclic) bond motifs is 1. The number of hydrogen-bond donors (Lipinski definition) is 0. The Kier molecular flexibility index (Phi) is 5.62. The molecule has 0 amide bonds. The molecule has 0 N–H and O–H groups in total. The normalized spacial score (nSPS) is 13.7. The predicted octanol–water partition coefficient (Wildman–Crippen LogP) is 5.35. The summed E-state index contributed by atoms with van der Waals surface area (Å²) in [6.07, 6.45) is 1.65. The van der Waals surface area contributed by atoms with Crippen LogP contribution >= 0.6 is 0 Å². The van der Waals surface area contributed by atoms with Crippen molar-refractivity contribution in [1.29, 1.82) is 0 Å². The third kappa shape index (κ3) is 4.23. The molecule has 0 fully saturated rings. The Morgan fingerprint density at radius 3 is 2.58 bits per heavy atom. The van der Waals surface area contributed by atoms with E-state index < -0.39 is 0 Å². The number of rotatable bonds is 6. The van der Waals surface area contributed by atoms with E-state index in [2.05, 4.69) is 0 Å². The number of allylic oxidation sites excluding steroid dienone is 1. The van der Waals surface area contributed by atoms with Gasteiger partial charge in [-0.15, -0.1) is 0 Å². The van der Waals surface area contributed by atoms with Gasteiger partial charge in [0.25, 0.3) is 0 Å². The minimum Gasteiger partial charge on any atom is -0.497 e. The van der Waals surface area contributed by atoms with Gasteiger partial charge in [-0.2, -0.15) is 0 Å². The van der Waals surface area contributed by atoms with E-state index in [0.29, 0.717) is 39.7 Å². The highest BCUT2D eigenvalue weighted by Gasteiger charge is 2.30. The molecule has 0 saturated carbocycles. The summed E-state index contributed by atoms with van der Waals surface area (Å²) in [5, 5.41) is 0. The Labute approximate surface area is 179 Å². The molecule has 3 aromatic carbocycles. The van der Waals surface area contributed by atoms with Crippen LogP contribution in [-0.4, -0.2) is 20.0 Å². The average molecular weight is 420 g/mol. The third-order valence-corrected chi connectivity index (χ3v) is 4.97. The fourth-order valence-electron chi connectivity index (χ4n) is 3.43. The maximum Gasteiger partial charge on any atom is 0.232 e. The molecule has 0 radical (unpaired) electrons. The summed E-state index contributed by atoms with van der Waals surface area (Å²) in [4.78, 5) is 12.9. The van der Waals surface area contributed by atoms with Crippen LogP contribution in [0.5, 0.6) is 23.0 Å². The zero-order valence-electron chi connectivity index (χ0n) is 17.4. The monoisotopic (exact) mass is 420 g/mol. The lowest BCUT2D eigenvalue weighted by atomic mass is 10.0. The van der Waals surface area contributed by atoms with Gasteiger partial charge in [-0.1, -0.05) is 12.1 Å². The smallest absolute Gasteiger partial charge is 0.232 e. The van der Waals surface area contributed by atoms with Crippen molar-refractivity contribution in [3.05, 3.63) is 88.4 Å². The van der Waals surface area contributed by atoms with Gasteiger partial charge in [0.15, 0.2) is 5.76 Å². The summed E-state index contributed by atoms with van der Waals surface area (Å²) in [5.74, 6) is 1.86. The largest absolute Gasteiger partial charge is 0.497 e. The number of Topliss-reactive ketones (excluding diaryl/α,β-unsaturated/α-hetero) is 1. The van der Waals surface area contributed by atoms with Gasteiger partial charge in [-0.25, -0.2) is 4.39 Å². The van der Waals surface area contributed by atoms with Crippen molar-refractivity contribution in [2.24, 2.45) is 0 Å². The highest BCUT2D eigenvalue weighted by atomic mass is 19.1. The number of carbonyl (C=O) groups is 1. The number of halogens is 1. The molecule has 1 aliphatic heterocycles. The first-order chi connectivity index (χ1) is 15.0. The maximum absolute atomic E-state index is 13.4. The summed E-state index contributed by atoms with van der Waals surface area (Å²) in [6, 6.07) is 15.0. The van der Waals surface area contributed by atoms with Crippen LogP contribution in [0.1, 0.15) is 27.0 Å². The molecule has 0 spiro atoms. The topological polar surface area (TPSA) is 54.0 Å². The van der Waals surface area contributed by atoms with E-state index in [4.69, 9.17) is 18.9 Å². The first-order valence-corrected chi connectivity index (χ1v) is 9.66. The molecule has 3 aromatic rings. The fraction of sp³-hybridized carbons (Fsp3) is 0.160. The first kappa shape index (κ1) is 20.5. The molecule has 1 aliphatic rings. The van der Waals surface area contributed by atoms with Gasteiger partial charge >= 0.3 is 0 Å². The van der Waals surface area contributed by atoms with E-state index >= 15 is 0 Å². The van der Waals surface area contributed by atoms with E-state index in [1.807, 2.05) is 6.92 Å². The molecule has 6 heteroatoms. The molecule has 1 heterocycles. The number of hydrogen-bond acceptors (Lipinski definition) is 5. The van der Waals surface area contributed by atoms with Crippen molar-refractivity contribution >= 4 is 11.9 Å². The van der Waals surface area contributed by atoms with Crippen LogP contribution in [0, 0.1) is 12.7 Å². The van der Waals surface area contributed by atoms with Gasteiger partial charge in [0, 0.05) is 17.7 Å². The Bertz CT molecular complexity index is 1180. The SMILES string of the molecule is COc1ccc(/C=C2\Oc3cc(OCc4cccc(F)c4)cc(C)c3C2=O)c(OC)c1. The highest BCUT2D eigenvalue weighted by Crippen LogP contribution is 2.38. The van der Waals surface area contributed by atoms with Crippen molar-refractivity contribution in [1.82, 2.24) is 0 Å². The number of aryl methyl sites for hydroxylation is 1. The quantitative estimate of drug-likeness (QED) is 0.504. The van der Waals surface area contributed by atoms with Gasteiger partial charge in [0.1, 0.15) is 35.4 Å². The number of carbonyl (C=O) groups excluding carboxylic acids is 1. The molecule has 4 rings (SSSR count). The second-order valence-corrected chi connectivity index (χ2v) is 7.08. The van der Waals surface area contributed by atoms with E-state index in [1.165, 1.54) is 12.1 Å². The van der Waals surface area contributed by atoms with E-state index in [-0.39, 0.29) is 24.0 Å². The van der Waals surface area contributed by atoms with Gasteiger partial charge in [0.2, 0.25) is 5.78 Å². The summed E-state index contributed by atoms with van der Waals surface area (Å²) >= 11 is 0. The standard InChI is InChI=1S/C25H21FO5/c1-15-9-20(30-14-16-5-4-6-18(26)10-16)13-22-24(15)25(27)23(31-22)11-17-7-8-19(28-2)12-21(17)29-3/h4-13H,14H2,1-3H3/b23-11-. The Morgan fingerprint density at radius 2 is 1.84 bits per heavy atom. The van der Waals surface area contributed by atoms with Gasteiger partial charge in [0.05, 0.1) is 19.8 Å². The van der Waals surface area contributed by atoms with Crippen molar-refractivity contribution < 1.29 is 28.1 Å². The summed E-state index contributed by atoms with van der Waals surface area (Å²) in [6.45, 7) is 2.03. The Morgan fingerprint density at radius 1 is 1.00 bits per heavy atom. The molecular weight excluding hydrogens is 399 g/mol. The summed E-state index contributed by atoms with van der Waals surface area (Å²) in [7, 11) is 3.12. The summed E-state index contributed by atoms with van der Waals surface area (Å²) in [5.41, 5.74) is 2.64. The van der Waals surface area contributed by atoms with Crippen molar-refractivity contribution in [3.8, 4) is 23.0 Å². The molecule has 0 bridgehead atoms. The number of ketones is 1. The third-order valence-electron chi connectivity index (χ3n) is 4.97. The van der Waals surface area contributed by atoms with Crippen LogP contribution in [0.25, 0.3) is 6.08 Å². The van der Waals surface area contributed by atoms with E-state index in [9.17, 15) is 9.18 Å². The Balaban J connectivity index is 1.59. The predicted molar refractivity (Wildman–Crippen MR) is 114 cm³/mol. The second-order valence-electron chi connectivity index (χ2n) is 7.08. The van der Waals surface area contributed by atoms with Crippen LogP contribution in [-0.2, 0) is 6.61 Å². The zero-order valence-corrected chi connectivity index (χ0v) is 17.4. The number of ether oxygens (including phenoxy) is 4. The zero-order chi connectivity index (χ0) is 22.0. The molecule has 31 heavy (non-hydrogen) atoms. The van der Waals surface area contributed by atoms with Gasteiger partial charge in [-0.3, -0.25) is 4.79 Å². The highest BCUT2D eigenvalue weighted by molar-refractivity contribution is 6.15. The van der Waals surface area contributed by atoms with Crippen LogP contribution in [0.3, 0.4) is 0 Å². The Hall–Kier alpha value is -3.80.